The van der Waals surface area contributed by atoms with Crippen LogP contribution in [0.15, 0.2) is 42.7 Å². The summed E-state index contributed by atoms with van der Waals surface area (Å²) in [7, 11) is 0. The minimum Gasteiger partial charge on any atom is -0.235 e. The summed E-state index contributed by atoms with van der Waals surface area (Å²) in [5.41, 5.74) is 3.15. The van der Waals surface area contributed by atoms with E-state index in [1.54, 1.807) is 35.1 Å². The largest absolute Gasteiger partial charge is 0.235 e. The maximum Gasteiger partial charge on any atom is 0.155 e. The van der Waals surface area contributed by atoms with Gasteiger partial charge in [0.2, 0.25) is 0 Å². The Labute approximate surface area is 108 Å². The zero-order chi connectivity index (χ0) is 12.5. The summed E-state index contributed by atoms with van der Waals surface area (Å²) in [5.74, 6) is 0. The molecule has 3 aromatic rings. The highest BCUT2D eigenvalue weighted by atomic mass is 35.5. The minimum atomic E-state index is 0.555. The second kappa shape index (κ2) is 4.13. The lowest BCUT2D eigenvalue weighted by atomic mass is 10.1. The van der Waals surface area contributed by atoms with Crippen LogP contribution in [0.3, 0.4) is 0 Å². The molecule has 2 heterocycles. The van der Waals surface area contributed by atoms with Gasteiger partial charge in [-0.05, 0) is 12.1 Å². The first-order chi connectivity index (χ1) is 8.78. The number of nitriles is 1. The molecule has 0 saturated carbocycles. The third-order valence-corrected chi connectivity index (χ3v) is 2.84. The first-order valence-corrected chi connectivity index (χ1v) is 5.65. The van der Waals surface area contributed by atoms with E-state index in [1.165, 1.54) is 0 Å². The molecule has 18 heavy (non-hydrogen) atoms. The molecule has 0 amide bonds. The number of nitrogens with zero attached hydrogens (tertiary/aromatic N) is 4. The second-order valence-electron chi connectivity index (χ2n) is 3.78. The average molecular weight is 255 g/mol. The van der Waals surface area contributed by atoms with Crippen molar-refractivity contribution in [3.05, 3.63) is 53.3 Å². The highest BCUT2D eigenvalue weighted by Crippen LogP contribution is 2.21. The molecule has 0 aliphatic carbocycles. The van der Waals surface area contributed by atoms with Crippen molar-refractivity contribution in [2.45, 2.75) is 0 Å². The van der Waals surface area contributed by atoms with Crippen molar-refractivity contribution < 1.29 is 0 Å². The quantitative estimate of drug-likeness (QED) is 0.671. The number of aromatic nitrogens is 3. The summed E-state index contributed by atoms with van der Waals surface area (Å²) in [4.78, 5) is 4.25. The van der Waals surface area contributed by atoms with Gasteiger partial charge in [0.15, 0.2) is 5.65 Å². The fraction of sp³-hybridized carbons (Fsp3) is 0. The van der Waals surface area contributed by atoms with Crippen LogP contribution in [0.1, 0.15) is 5.56 Å². The Bertz CT molecular complexity index is 753. The highest BCUT2D eigenvalue weighted by molar-refractivity contribution is 6.30. The maximum atomic E-state index is 8.77. The third-order valence-electron chi connectivity index (χ3n) is 2.64. The van der Waals surface area contributed by atoms with Gasteiger partial charge in [-0.15, -0.1) is 0 Å². The molecule has 4 nitrogen and oxygen atoms in total. The lowest BCUT2D eigenvalue weighted by molar-refractivity contribution is 0.943. The van der Waals surface area contributed by atoms with Crippen LogP contribution in [0.25, 0.3) is 16.9 Å². The smallest absolute Gasteiger partial charge is 0.155 e. The summed E-state index contributed by atoms with van der Waals surface area (Å²) in [6, 6.07) is 11.1. The molecule has 86 valence electrons. The monoisotopic (exact) mass is 254 g/mol. The van der Waals surface area contributed by atoms with E-state index >= 15 is 0 Å². The van der Waals surface area contributed by atoms with Crippen LogP contribution in [0.4, 0.5) is 0 Å². The lowest BCUT2D eigenvalue weighted by Gasteiger charge is -2.00. The minimum absolute atomic E-state index is 0.555. The van der Waals surface area contributed by atoms with Crippen LogP contribution in [0, 0.1) is 11.3 Å². The Morgan fingerprint density at radius 3 is 2.67 bits per heavy atom. The number of hydrogen-bond donors (Lipinski definition) is 0. The van der Waals surface area contributed by atoms with Gasteiger partial charge in [-0.3, -0.25) is 0 Å². The molecule has 5 heteroatoms. The number of rotatable bonds is 1. The molecule has 0 aliphatic heterocycles. The molecule has 2 aromatic heterocycles. The van der Waals surface area contributed by atoms with E-state index in [1.807, 2.05) is 12.1 Å². The van der Waals surface area contributed by atoms with E-state index in [0.717, 1.165) is 11.3 Å². The zero-order valence-electron chi connectivity index (χ0n) is 9.21. The molecule has 0 aliphatic rings. The molecule has 0 unspecified atom stereocenters. The van der Waals surface area contributed by atoms with Gasteiger partial charge >= 0.3 is 0 Å². The van der Waals surface area contributed by atoms with E-state index < -0.39 is 0 Å². The number of hydrogen-bond acceptors (Lipinski definition) is 3. The predicted octanol–water partition coefficient (Wildman–Crippen LogP) is 2.92. The molecule has 0 fully saturated rings. The fourth-order valence-corrected chi connectivity index (χ4v) is 1.91. The molecule has 0 radical (unpaired) electrons. The third kappa shape index (κ3) is 1.71. The normalized spacial score (nSPS) is 10.4. The summed E-state index contributed by atoms with van der Waals surface area (Å²) in [5, 5.41) is 13.5. The Hall–Kier alpha value is -2.38. The Kier molecular flexibility index (Phi) is 2.47. The van der Waals surface area contributed by atoms with Crippen molar-refractivity contribution in [1.29, 1.82) is 5.26 Å². The van der Waals surface area contributed by atoms with Gasteiger partial charge < -0.3 is 0 Å². The molecule has 1 aromatic carbocycles. The fourth-order valence-electron chi connectivity index (χ4n) is 1.77. The van der Waals surface area contributed by atoms with Crippen molar-refractivity contribution in [2.24, 2.45) is 0 Å². The van der Waals surface area contributed by atoms with Gasteiger partial charge in [0.1, 0.15) is 0 Å². The maximum absolute atomic E-state index is 8.77. The average Bonchev–Trinajstić information content (AvgIpc) is 2.81. The molecule has 0 spiro atoms. The molecule has 0 atom stereocenters. The molecular weight excluding hydrogens is 248 g/mol. The second-order valence-corrected chi connectivity index (χ2v) is 4.21. The van der Waals surface area contributed by atoms with E-state index in [9.17, 15) is 0 Å². The van der Waals surface area contributed by atoms with Crippen molar-refractivity contribution in [2.75, 3.05) is 0 Å². The lowest BCUT2D eigenvalue weighted by Crippen LogP contribution is -1.93. The van der Waals surface area contributed by atoms with Crippen LogP contribution in [0.5, 0.6) is 0 Å². The Balaban J connectivity index is 2.16. The van der Waals surface area contributed by atoms with Gasteiger partial charge in [0.05, 0.1) is 34.7 Å². The first-order valence-electron chi connectivity index (χ1n) is 5.28. The van der Waals surface area contributed by atoms with Crippen LogP contribution < -0.4 is 0 Å². The number of fused-ring (bicyclic) bond motifs is 1. The SMILES string of the molecule is N#Cc1ccc(-c2cnc3cc(Cl)cnn23)cc1. The van der Waals surface area contributed by atoms with Crippen molar-refractivity contribution in [1.82, 2.24) is 14.6 Å². The van der Waals surface area contributed by atoms with Crippen LogP contribution in [-0.4, -0.2) is 14.6 Å². The molecule has 0 saturated heterocycles. The number of benzene rings is 1. The first kappa shape index (κ1) is 10.8. The summed E-state index contributed by atoms with van der Waals surface area (Å²) in [6.45, 7) is 0. The standard InChI is InChI=1S/C13H7ClN4/c14-11-5-13-16-8-12(18(13)17-7-11)10-3-1-9(6-15)2-4-10/h1-5,7-8H. The molecule has 0 bridgehead atoms. The molecule has 0 N–H and O–H groups in total. The topological polar surface area (TPSA) is 54.0 Å². The van der Waals surface area contributed by atoms with Crippen molar-refractivity contribution in [3.8, 4) is 17.3 Å². The molecular formula is C13H7ClN4. The van der Waals surface area contributed by atoms with Gasteiger partial charge in [0, 0.05) is 11.6 Å². The van der Waals surface area contributed by atoms with Gasteiger partial charge in [0.25, 0.3) is 0 Å². The van der Waals surface area contributed by atoms with Crippen LogP contribution in [0.2, 0.25) is 5.02 Å². The van der Waals surface area contributed by atoms with E-state index in [2.05, 4.69) is 16.2 Å². The van der Waals surface area contributed by atoms with E-state index in [-0.39, 0.29) is 0 Å². The number of imidazole rings is 1. The Morgan fingerprint density at radius 2 is 1.94 bits per heavy atom. The van der Waals surface area contributed by atoms with E-state index in [0.29, 0.717) is 16.2 Å². The van der Waals surface area contributed by atoms with Crippen LogP contribution in [-0.2, 0) is 0 Å². The molecule has 3 rings (SSSR count). The van der Waals surface area contributed by atoms with Crippen molar-refractivity contribution >= 4 is 17.2 Å². The number of halogens is 1. The zero-order valence-corrected chi connectivity index (χ0v) is 9.96. The predicted molar refractivity (Wildman–Crippen MR) is 68.1 cm³/mol. The van der Waals surface area contributed by atoms with Gasteiger partial charge in [-0.25, -0.2) is 9.50 Å². The van der Waals surface area contributed by atoms with Crippen LogP contribution >= 0.6 is 11.6 Å². The summed E-state index contributed by atoms with van der Waals surface area (Å²) >= 11 is 5.86. The Morgan fingerprint density at radius 1 is 1.17 bits per heavy atom. The highest BCUT2D eigenvalue weighted by Gasteiger charge is 2.07. The van der Waals surface area contributed by atoms with Gasteiger partial charge in [-0.2, -0.15) is 10.4 Å². The van der Waals surface area contributed by atoms with Crippen molar-refractivity contribution in [3.63, 3.8) is 0 Å². The van der Waals surface area contributed by atoms with E-state index in [4.69, 9.17) is 16.9 Å². The summed E-state index contributed by atoms with van der Waals surface area (Å²) in [6.07, 6.45) is 3.31. The van der Waals surface area contributed by atoms with Gasteiger partial charge in [-0.1, -0.05) is 23.7 Å². The summed E-state index contributed by atoms with van der Waals surface area (Å²) < 4.78 is 1.72.